The van der Waals surface area contributed by atoms with Crippen LogP contribution in [0.15, 0.2) is 24.4 Å². The molecule has 1 aromatic carbocycles. The van der Waals surface area contributed by atoms with E-state index >= 15 is 0 Å². The highest BCUT2D eigenvalue weighted by Gasteiger charge is 2.08. The summed E-state index contributed by atoms with van der Waals surface area (Å²) < 4.78 is 13.8. The number of hydrogen-bond donors (Lipinski definition) is 1. The lowest BCUT2D eigenvalue weighted by molar-refractivity contribution is 0.609. The number of nitrogens with one attached hydrogen (secondary N) is 1. The zero-order valence-electron chi connectivity index (χ0n) is 14.7. The van der Waals surface area contributed by atoms with E-state index in [4.69, 9.17) is 0 Å². The molecular weight excluding hydrogens is 287 g/mol. The highest BCUT2D eigenvalue weighted by atomic mass is 19.1. The molecule has 0 atom stereocenters. The predicted octanol–water partition coefficient (Wildman–Crippen LogP) is 4.75. The minimum atomic E-state index is -0.112. The minimum absolute atomic E-state index is 0.112. The number of halogens is 1. The van der Waals surface area contributed by atoms with Crippen molar-refractivity contribution in [3.63, 3.8) is 0 Å². The van der Waals surface area contributed by atoms with Crippen LogP contribution in [0.3, 0.4) is 0 Å². The normalized spacial score (nSPS) is 11.0. The molecule has 0 aliphatic carbocycles. The number of aromatic nitrogens is 1. The van der Waals surface area contributed by atoms with Crippen LogP contribution < -0.4 is 5.32 Å². The molecule has 0 radical (unpaired) electrons. The summed E-state index contributed by atoms with van der Waals surface area (Å²) >= 11 is 0. The second-order valence-electron chi connectivity index (χ2n) is 6.31. The number of aryl methyl sites for hydroxylation is 4. The van der Waals surface area contributed by atoms with Gasteiger partial charge < -0.3 is 5.32 Å². The Kier molecular flexibility index (Phi) is 6.28. The Bertz CT molecular complexity index is 642. The monoisotopic (exact) mass is 314 g/mol. The minimum Gasteiger partial charge on any atom is -0.320 e. The molecular formula is C20H27FN2. The first-order valence-electron chi connectivity index (χ1n) is 8.40. The quantitative estimate of drug-likeness (QED) is 0.746. The van der Waals surface area contributed by atoms with Crippen LogP contribution in [-0.2, 0) is 6.42 Å². The van der Waals surface area contributed by atoms with Crippen LogP contribution >= 0.6 is 0 Å². The van der Waals surface area contributed by atoms with Crippen molar-refractivity contribution in [2.75, 3.05) is 13.6 Å². The van der Waals surface area contributed by atoms with Crippen molar-refractivity contribution in [3.8, 4) is 11.1 Å². The summed E-state index contributed by atoms with van der Waals surface area (Å²) in [5.74, 6) is -0.112. The lowest BCUT2D eigenvalue weighted by Crippen LogP contribution is -2.07. The van der Waals surface area contributed by atoms with Gasteiger partial charge in [-0.2, -0.15) is 0 Å². The third kappa shape index (κ3) is 4.61. The average Bonchev–Trinajstić information content (AvgIpc) is 2.53. The highest BCUT2D eigenvalue weighted by molar-refractivity contribution is 5.65. The van der Waals surface area contributed by atoms with Crippen molar-refractivity contribution >= 4 is 0 Å². The first-order chi connectivity index (χ1) is 11.0. The van der Waals surface area contributed by atoms with Gasteiger partial charge in [0.1, 0.15) is 5.82 Å². The van der Waals surface area contributed by atoms with Gasteiger partial charge in [0.25, 0.3) is 0 Å². The third-order valence-electron chi connectivity index (χ3n) is 4.33. The molecule has 0 spiro atoms. The van der Waals surface area contributed by atoms with E-state index in [9.17, 15) is 4.39 Å². The van der Waals surface area contributed by atoms with Crippen LogP contribution in [0.25, 0.3) is 11.1 Å². The molecule has 0 aliphatic heterocycles. The van der Waals surface area contributed by atoms with Gasteiger partial charge in [0, 0.05) is 17.5 Å². The van der Waals surface area contributed by atoms with E-state index in [0.29, 0.717) is 11.1 Å². The summed E-state index contributed by atoms with van der Waals surface area (Å²) in [6.45, 7) is 6.77. The Morgan fingerprint density at radius 3 is 2.30 bits per heavy atom. The standard InChI is InChI=1S/C20H27FN2/c1-14-10-18(11-15(2)20(14)21)19-12-17(16(3)23-13-19)8-6-5-7-9-22-4/h10-13,22H,5-9H2,1-4H3. The van der Waals surface area contributed by atoms with Crippen LogP contribution in [0, 0.1) is 26.6 Å². The summed E-state index contributed by atoms with van der Waals surface area (Å²) in [5.41, 5.74) is 5.89. The number of benzene rings is 1. The third-order valence-corrected chi connectivity index (χ3v) is 4.33. The number of hydrogen-bond acceptors (Lipinski definition) is 2. The fraction of sp³-hybridized carbons (Fsp3) is 0.450. The van der Waals surface area contributed by atoms with Crippen LogP contribution in [0.1, 0.15) is 41.6 Å². The van der Waals surface area contributed by atoms with Crippen molar-refractivity contribution in [2.24, 2.45) is 0 Å². The number of unbranched alkanes of at least 4 members (excludes halogenated alkanes) is 2. The van der Waals surface area contributed by atoms with E-state index in [0.717, 1.165) is 29.8 Å². The molecule has 0 saturated heterocycles. The van der Waals surface area contributed by atoms with E-state index in [2.05, 4.69) is 23.3 Å². The molecule has 1 heterocycles. The zero-order valence-corrected chi connectivity index (χ0v) is 14.7. The summed E-state index contributed by atoms with van der Waals surface area (Å²) in [7, 11) is 1.99. The Hall–Kier alpha value is -1.74. The lowest BCUT2D eigenvalue weighted by atomic mass is 9.98. The molecule has 124 valence electrons. The molecule has 1 N–H and O–H groups in total. The van der Waals surface area contributed by atoms with Gasteiger partial charge in [-0.1, -0.05) is 6.42 Å². The molecule has 0 aliphatic rings. The second-order valence-corrected chi connectivity index (χ2v) is 6.31. The maximum absolute atomic E-state index is 13.8. The molecule has 3 heteroatoms. The van der Waals surface area contributed by atoms with Gasteiger partial charge in [0.05, 0.1) is 0 Å². The second kappa shape index (κ2) is 8.21. The van der Waals surface area contributed by atoms with Crippen LogP contribution in [0.2, 0.25) is 0 Å². The molecule has 0 fully saturated rings. The van der Waals surface area contributed by atoms with Gasteiger partial charge in [-0.3, -0.25) is 4.98 Å². The maximum Gasteiger partial charge on any atom is 0.129 e. The topological polar surface area (TPSA) is 24.9 Å². The number of nitrogens with zero attached hydrogens (tertiary/aromatic N) is 1. The van der Waals surface area contributed by atoms with Gasteiger partial charge in [0.2, 0.25) is 0 Å². The predicted molar refractivity (Wildman–Crippen MR) is 95.3 cm³/mol. The molecule has 0 saturated carbocycles. The molecule has 0 bridgehead atoms. The molecule has 0 unspecified atom stereocenters. The van der Waals surface area contributed by atoms with E-state index in [-0.39, 0.29) is 5.82 Å². The Balaban J connectivity index is 2.16. The van der Waals surface area contributed by atoms with Crippen LogP contribution in [-0.4, -0.2) is 18.6 Å². The van der Waals surface area contributed by atoms with Gasteiger partial charge >= 0.3 is 0 Å². The maximum atomic E-state index is 13.8. The van der Waals surface area contributed by atoms with Crippen molar-refractivity contribution in [3.05, 3.63) is 52.6 Å². The SMILES string of the molecule is CNCCCCCc1cc(-c2cc(C)c(F)c(C)c2)cnc1C. The van der Waals surface area contributed by atoms with Crippen molar-refractivity contribution in [1.29, 1.82) is 0 Å². The molecule has 0 amide bonds. The van der Waals surface area contributed by atoms with E-state index in [1.165, 1.54) is 24.8 Å². The fourth-order valence-electron chi connectivity index (χ4n) is 2.90. The molecule has 2 aromatic rings. The van der Waals surface area contributed by atoms with Gasteiger partial charge in [-0.25, -0.2) is 4.39 Å². The first kappa shape index (κ1) is 17.6. The molecule has 23 heavy (non-hydrogen) atoms. The Labute approximate surface area is 139 Å². The summed E-state index contributed by atoms with van der Waals surface area (Å²) in [6.07, 6.45) is 6.55. The fourth-order valence-corrected chi connectivity index (χ4v) is 2.90. The van der Waals surface area contributed by atoms with E-state index in [1.807, 2.05) is 39.2 Å². The highest BCUT2D eigenvalue weighted by Crippen LogP contribution is 2.26. The van der Waals surface area contributed by atoms with E-state index < -0.39 is 0 Å². The Morgan fingerprint density at radius 2 is 1.65 bits per heavy atom. The number of rotatable bonds is 7. The summed E-state index contributed by atoms with van der Waals surface area (Å²) in [5, 5.41) is 3.18. The largest absolute Gasteiger partial charge is 0.320 e. The number of pyridine rings is 1. The lowest BCUT2D eigenvalue weighted by Gasteiger charge is -2.11. The Morgan fingerprint density at radius 1 is 0.957 bits per heavy atom. The zero-order chi connectivity index (χ0) is 16.8. The summed E-state index contributed by atoms with van der Waals surface area (Å²) in [6, 6.07) is 6.03. The van der Waals surface area contributed by atoms with E-state index in [1.54, 1.807) is 0 Å². The molecule has 2 rings (SSSR count). The van der Waals surface area contributed by atoms with Crippen molar-refractivity contribution in [1.82, 2.24) is 10.3 Å². The smallest absolute Gasteiger partial charge is 0.129 e. The van der Waals surface area contributed by atoms with Crippen LogP contribution in [0.5, 0.6) is 0 Å². The van der Waals surface area contributed by atoms with Crippen LogP contribution in [0.4, 0.5) is 4.39 Å². The summed E-state index contributed by atoms with van der Waals surface area (Å²) in [4.78, 5) is 4.55. The average molecular weight is 314 g/mol. The molecule has 2 nitrogen and oxygen atoms in total. The van der Waals surface area contributed by atoms with Gasteiger partial charge in [-0.15, -0.1) is 0 Å². The van der Waals surface area contributed by atoms with Crippen molar-refractivity contribution < 1.29 is 4.39 Å². The van der Waals surface area contributed by atoms with Gasteiger partial charge in [-0.05, 0) is 94.1 Å². The first-order valence-corrected chi connectivity index (χ1v) is 8.40. The molecule has 1 aromatic heterocycles. The van der Waals surface area contributed by atoms with Gasteiger partial charge in [0.15, 0.2) is 0 Å². The van der Waals surface area contributed by atoms with Crippen molar-refractivity contribution in [2.45, 2.75) is 46.5 Å².